The molecular weight excluding hydrogens is 266 g/mol. The number of amides is 1. The number of nitrogens with zero attached hydrogens (tertiary/aromatic N) is 1. The summed E-state index contributed by atoms with van der Waals surface area (Å²) in [5.41, 5.74) is 5.40. The summed E-state index contributed by atoms with van der Waals surface area (Å²) in [5.74, 6) is 0.122. The average Bonchev–Trinajstić information content (AvgIpc) is 2.32. The number of unbranched alkanes of at least 4 members (excludes halogenated alkanes) is 2. The van der Waals surface area contributed by atoms with Gasteiger partial charge in [0.1, 0.15) is 0 Å². The minimum atomic E-state index is -3.20. The van der Waals surface area contributed by atoms with Crippen molar-refractivity contribution >= 4 is 15.9 Å². The van der Waals surface area contributed by atoms with Crippen molar-refractivity contribution in [2.75, 3.05) is 25.9 Å². The molecule has 0 spiro atoms. The lowest BCUT2D eigenvalue weighted by Gasteiger charge is -2.32. The first-order valence-corrected chi connectivity index (χ1v) is 8.76. The molecule has 1 aliphatic heterocycles. The molecular formula is C12H25N3O3S. The fraction of sp³-hybridized carbons (Fsp3) is 0.917. The van der Waals surface area contributed by atoms with Crippen molar-refractivity contribution in [2.24, 2.45) is 5.73 Å². The van der Waals surface area contributed by atoms with Crippen LogP contribution < -0.4 is 10.5 Å². The van der Waals surface area contributed by atoms with Crippen molar-refractivity contribution in [3.63, 3.8) is 0 Å². The van der Waals surface area contributed by atoms with E-state index in [0.717, 1.165) is 44.9 Å². The summed E-state index contributed by atoms with van der Waals surface area (Å²) in [7, 11) is -3.20. The van der Waals surface area contributed by atoms with E-state index in [0.29, 0.717) is 19.5 Å². The maximum Gasteiger partial charge on any atom is 0.222 e. The quantitative estimate of drug-likeness (QED) is 0.648. The number of carbonyl (C=O) groups excluding carboxylic acids is 1. The van der Waals surface area contributed by atoms with Gasteiger partial charge in [-0.15, -0.1) is 0 Å². The minimum Gasteiger partial charge on any atom is -0.341 e. The first kappa shape index (κ1) is 16.4. The Morgan fingerprint density at radius 1 is 1.37 bits per heavy atom. The second kappa shape index (κ2) is 7.81. The number of nitrogens with two attached hydrogens (primary N) is 1. The van der Waals surface area contributed by atoms with Gasteiger partial charge in [-0.1, -0.05) is 6.42 Å². The van der Waals surface area contributed by atoms with E-state index in [4.69, 9.17) is 5.73 Å². The smallest absolute Gasteiger partial charge is 0.222 e. The summed E-state index contributed by atoms with van der Waals surface area (Å²) in [6.45, 7) is 1.89. The van der Waals surface area contributed by atoms with Crippen LogP contribution in [0.3, 0.4) is 0 Å². The van der Waals surface area contributed by atoms with Crippen molar-refractivity contribution in [2.45, 2.75) is 44.6 Å². The van der Waals surface area contributed by atoms with Crippen LogP contribution in [0.1, 0.15) is 38.5 Å². The molecule has 0 radical (unpaired) electrons. The zero-order chi connectivity index (χ0) is 14.3. The van der Waals surface area contributed by atoms with Crippen LogP contribution in [-0.4, -0.2) is 51.2 Å². The number of rotatable bonds is 7. The lowest BCUT2D eigenvalue weighted by molar-refractivity contribution is -0.132. The van der Waals surface area contributed by atoms with E-state index in [1.807, 2.05) is 0 Å². The Bertz CT molecular complexity index is 384. The average molecular weight is 291 g/mol. The SMILES string of the molecule is CS(=O)(=O)NC1CCCN(C(=O)CCCCCN)C1. The highest BCUT2D eigenvalue weighted by molar-refractivity contribution is 7.88. The normalized spacial score (nSPS) is 20.5. The highest BCUT2D eigenvalue weighted by atomic mass is 32.2. The van der Waals surface area contributed by atoms with Crippen molar-refractivity contribution in [3.05, 3.63) is 0 Å². The predicted molar refractivity (Wildman–Crippen MR) is 75.1 cm³/mol. The Hall–Kier alpha value is -0.660. The van der Waals surface area contributed by atoms with E-state index in [2.05, 4.69) is 4.72 Å². The van der Waals surface area contributed by atoms with E-state index in [1.54, 1.807) is 4.90 Å². The molecule has 1 amide bonds. The van der Waals surface area contributed by atoms with E-state index in [1.165, 1.54) is 0 Å². The molecule has 1 rings (SSSR count). The van der Waals surface area contributed by atoms with Gasteiger partial charge in [0.25, 0.3) is 0 Å². The zero-order valence-electron chi connectivity index (χ0n) is 11.6. The van der Waals surface area contributed by atoms with Crippen LogP contribution >= 0.6 is 0 Å². The fourth-order valence-corrected chi connectivity index (χ4v) is 3.16. The molecule has 0 aromatic carbocycles. The number of piperidine rings is 1. The van der Waals surface area contributed by atoms with Crippen LogP contribution in [0.4, 0.5) is 0 Å². The van der Waals surface area contributed by atoms with Gasteiger partial charge in [-0.2, -0.15) is 0 Å². The molecule has 1 fully saturated rings. The first-order chi connectivity index (χ1) is 8.92. The molecule has 1 aliphatic rings. The largest absolute Gasteiger partial charge is 0.341 e. The molecule has 0 bridgehead atoms. The van der Waals surface area contributed by atoms with E-state index < -0.39 is 10.0 Å². The third-order valence-electron chi connectivity index (χ3n) is 3.25. The van der Waals surface area contributed by atoms with E-state index >= 15 is 0 Å². The minimum absolute atomic E-state index is 0.122. The van der Waals surface area contributed by atoms with Crippen LogP contribution in [0, 0.1) is 0 Å². The van der Waals surface area contributed by atoms with Gasteiger partial charge in [-0.05, 0) is 32.2 Å². The number of hydrogen-bond acceptors (Lipinski definition) is 4. The van der Waals surface area contributed by atoms with E-state index in [-0.39, 0.29) is 11.9 Å². The van der Waals surface area contributed by atoms with Gasteiger partial charge in [-0.25, -0.2) is 13.1 Å². The summed E-state index contributed by atoms with van der Waals surface area (Å²) >= 11 is 0. The molecule has 19 heavy (non-hydrogen) atoms. The van der Waals surface area contributed by atoms with Gasteiger partial charge in [-0.3, -0.25) is 4.79 Å². The molecule has 1 unspecified atom stereocenters. The van der Waals surface area contributed by atoms with Gasteiger partial charge in [0.2, 0.25) is 15.9 Å². The maximum atomic E-state index is 12.0. The van der Waals surface area contributed by atoms with Crippen LogP contribution in [0.15, 0.2) is 0 Å². The second-order valence-corrected chi connectivity index (χ2v) is 6.95. The molecule has 7 heteroatoms. The van der Waals surface area contributed by atoms with Gasteiger partial charge in [0.15, 0.2) is 0 Å². The fourth-order valence-electron chi connectivity index (χ4n) is 2.36. The molecule has 112 valence electrons. The number of hydrogen-bond donors (Lipinski definition) is 2. The van der Waals surface area contributed by atoms with E-state index in [9.17, 15) is 13.2 Å². The Morgan fingerprint density at radius 2 is 2.11 bits per heavy atom. The summed E-state index contributed by atoms with van der Waals surface area (Å²) in [4.78, 5) is 13.8. The summed E-state index contributed by atoms with van der Waals surface area (Å²) in [6.07, 6.45) is 6.11. The Morgan fingerprint density at radius 3 is 2.74 bits per heavy atom. The molecule has 0 aromatic rings. The van der Waals surface area contributed by atoms with Crippen LogP contribution in [0.2, 0.25) is 0 Å². The van der Waals surface area contributed by atoms with Gasteiger partial charge in [0.05, 0.1) is 6.26 Å². The molecule has 3 N–H and O–H groups in total. The Balaban J connectivity index is 2.35. The summed E-state index contributed by atoms with van der Waals surface area (Å²) in [5, 5.41) is 0. The first-order valence-electron chi connectivity index (χ1n) is 6.87. The van der Waals surface area contributed by atoms with Crippen LogP contribution in [0.25, 0.3) is 0 Å². The highest BCUT2D eigenvalue weighted by Crippen LogP contribution is 2.13. The van der Waals surface area contributed by atoms with Crippen LogP contribution in [0.5, 0.6) is 0 Å². The highest BCUT2D eigenvalue weighted by Gasteiger charge is 2.24. The number of carbonyl (C=O) groups is 1. The summed E-state index contributed by atoms with van der Waals surface area (Å²) in [6, 6.07) is -0.142. The lowest BCUT2D eigenvalue weighted by Crippen LogP contribution is -2.49. The van der Waals surface area contributed by atoms with Gasteiger partial charge < -0.3 is 10.6 Å². The van der Waals surface area contributed by atoms with Crippen molar-refractivity contribution in [1.29, 1.82) is 0 Å². The number of likely N-dealkylation sites (tertiary alicyclic amines) is 1. The lowest BCUT2D eigenvalue weighted by atomic mass is 10.1. The van der Waals surface area contributed by atoms with Crippen molar-refractivity contribution in [3.8, 4) is 0 Å². The molecule has 0 saturated carbocycles. The predicted octanol–water partition coefficient (Wildman–Crippen LogP) is 0.0457. The standard InChI is InChI=1S/C12H25N3O3S/c1-19(17,18)14-11-6-5-9-15(10-11)12(16)7-3-2-4-8-13/h11,14H,2-10,13H2,1H3. The molecule has 1 atom stereocenters. The maximum absolute atomic E-state index is 12.0. The molecule has 1 saturated heterocycles. The van der Waals surface area contributed by atoms with Gasteiger partial charge in [0, 0.05) is 25.6 Å². The molecule has 1 heterocycles. The van der Waals surface area contributed by atoms with Crippen molar-refractivity contribution in [1.82, 2.24) is 9.62 Å². The summed E-state index contributed by atoms with van der Waals surface area (Å²) < 4.78 is 25.0. The molecule has 0 aromatic heterocycles. The van der Waals surface area contributed by atoms with Crippen LogP contribution in [-0.2, 0) is 14.8 Å². The third-order valence-corrected chi connectivity index (χ3v) is 4.01. The topological polar surface area (TPSA) is 92.5 Å². The third kappa shape index (κ3) is 6.89. The molecule has 6 nitrogen and oxygen atoms in total. The van der Waals surface area contributed by atoms with Crippen molar-refractivity contribution < 1.29 is 13.2 Å². The Kier molecular flexibility index (Phi) is 6.74. The molecule has 0 aliphatic carbocycles. The monoisotopic (exact) mass is 291 g/mol. The Labute approximate surface area is 115 Å². The zero-order valence-corrected chi connectivity index (χ0v) is 12.4. The number of sulfonamides is 1. The second-order valence-electron chi connectivity index (χ2n) is 5.17. The number of nitrogens with one attached hydrogen (secondary N) is 1. The van der Waals surface area contributed by atoms with Gasteiger partial charge >= 0.3 is 0 Å².